The number of benzene rings is 2. The molecule has 27 heavy (non-hydrogen) atoms. The SMILES string of the molecule is O=C(c1ccc(Cl)cc1Cl)N1CCCCC1c1nc(-c2ccccc2)no1. The zero-order valence-corrected chi connectivity index (χ0v) is 16.0. The number of rotatable bonds is 3. The second-order valence-electron chi connectivity index (χ2n) is 6.46. The van der Waals surface area contributed by atoms with Crippen molar-refractivity contribution in [2.24, 2.45) is 0 Å². The molecule has 0 spiro atoms. The third-order valence-corrected chi connectivity index (χ3v) is 5.23. The Morgan fingerprint density at radius 1 is 1.11 bits per heavy atom. The molecule has 0 bridgehead atoms. The van der Waals surface area contributed by atoms with Gasteiger partial charge in [-0.15, -0.1) is 0 Å². The van der Waals surface area contributed by atoms with Crippen LogP contribution in [0.1, 0.15) is 41.6 Å². The fraction of sp³-hybridized carbons (Fsp3) is 0.250. The Morgan fingerprint density at radius 2 is 1.93 bits per heavy atom. The second-order valence-corrected chi connectivity index (χ2v) is 7.30. The Hall–Kier alpha value is -2.37. The van der Waals surface area contributed by atoms with Gasteiger partial charge in [0.15, 0.2) is 0 Å². The molecule has 5 nitrogen and oxygen atoms in total. The third-order valence-electron chi connectivity index (χ3n) is 4.68. The molecule has 1 aliphatic heterocycles. The van der Waals surface area contributed by atoms with Crippen LogP contribution >= 0.6 is 23.2 Å². The molecule has 2 aromatic carbocycles. The van der Waals surface area contributed by atoms with E-state index in [2.05, 4.69) is 10.1 Å². The van der Waals surface area contributed by atoms with Crippen LogP contribution in [0.15, 0.2) is 53.1 Å². The van der Waals surface area contributed by atoms with Gasteiger partial charge in [0, 0.05) is 17.1 Å². The Balaban J connectivity index is 1.63. The number of aromatic nitrogens is 2. The number of amides is 1. The number of carbonyl (C=O) groups excluding carboxylic acids is 1. The molecule has 0 radical (unpaired) electrons. The summed E-state index contributed by atoms with van der Waals surface area (Å²) < 4.78 is 5.52. The van der Waals surface area contributed by atoms with Crippen LogP contribution in [-0.4, -0.2) is 27.5 Å². The Morgan fingerprint density at radius 3 is 2.70 bits per heavy atom. The summed E-state index contributed by atoms with van der Waals surface area (Å²) >= 11 is 12.2. The quantitative estimate of drug-likeness (QED) is 0.588. The number of halogens is 2. The molecule has 7 heteroatoms. The van der Waals surface area contributed by atoms with Gasteiger partial charge in [0.1, 0.15) is 6.04 Å². The third kappa shape index (κ3) is 3.70. The van der Waals surface area contributed by atoms with Gasteiger partial charge in [-0.05, 0) is 37.5 Å². The van der Waals surface area contributed by atoms with E-state index < -0.39 is 0 Å². The smallest absolute Gasteiger partial charge is 0.256 e. The summed E-state index contributed by atoms with van der Waals surface area (Å²) in [5.74, 6) is 0.820. The highest BCUT2D eigenvalue weighted by Gasteiger charge is 2.33. The lowest BCUT2D eigenvalue weighted by molar-refractivity contribution is 0.0561. The van der Waals surface area contributed by atoms with E-state index in [0.29, 0.717) is 33.9 Å². The van der Waals surface area contributed by atoms with Crippen molar-refractivity contribution in [1.29, 1.82) is 0 Å². The van der Waals surface area contributed by atoms with Crippen molar-refractivity contribution in [2.45, 2.75) is 25.3 Å². The summed E-state index contributed by atoms with van der Waals surface area (Å²) in [5.41, 5.74) is 1.30. The van der Waals surface area contributed by atoms with Crippen LogP contribution in [0.3, 0.4) is 0 Å². The van der Waals surface area contributed by atoms with E-state index in [-0.39, 0.29) is 11.9 Å². The van der Waals surface area contributed by atoms with E-state index >= 15 is 0 Å². The molecular weight excluding hydrogens is 385 g/mol. The van der Waals surface area contributed by atoms with Crippen molar-refractivity contribution >= 4 is 29.1 Å². The molecule has 138 valence electrons. The predicted octanol–water partition coefficient (Wildman–Crippen LogP) is 5.41. The minimum Gasteiger partial charge on any atom is -0.337 e. The van der Waals surface area contributed by atoms with Crippen LogP contribution in [0, 0.1) is 0 Å². The van der Waals surface area contributed by atoms with E-state index in [1.807, 2.05) is 30.3 Å². The molecule has 1 fully saturated rings. The summed E-state index contributed by atoms with van der Waals surface area (Å²) in [6, 6.07) is 14.3. The van der Waals surface area contributed by atoms with Gasteiger partial charge in [0.05, 0.1) is 10.6 Å². The van der Waals surface area contributed by atoms with Crippen molar-refractivity contribution in [3.8, 4) is 11.4 Å². The van der Waals surface area contributed by atoms with Gasteiger partial charge in [0.2, 0.25) is 11.7 Å². The largest absolute Gasteiger partial charge is 0.337 e. The molecule has 0 aliphatic carbocycles. The molecular formula is C20H17Cl2N3O2. The van der Waals surface area contributed by atoms with E-state index in [4.69, 9.17) is 27.7 Å². The van der Waals surface area contributed by atoms with Gasteiger partial charge >= 0.3 is 0 Å². The highest BCUT2D eigenvalue weighted by atomic mass is 35.5. The van der Waals surface area contributed by atoms with Crippen molar-refractivity contribution in [3.63, 3.8) is 0 Å². The fourth-order valence-electron chi connectivity index (χ4n) is 3.32. The molecule has 1 saturated heterocycles. The first-order valence-electron chi connectivity index (χ1n) is 8.78. The van der Waals surface area contributed by atoms with E-state index in [1.54, 1.807) is 23.1 Å². The maximum Gasteiger partial charge on any atom is 0.256 e. The van der Waals surface area contributed by atoms with Crippen molar-refractivity contribution in [3.05, 3.63) is 70.0 Å². The summed E-state index contributed by atoms with van der Waals surface area (Å²) in [4.78, 5) is 19.4. The molecule has 1 aromatic heterocycles. The molecule has 2 heterocycles. The van der Waals surface area contributed by atoms with Crippen molar-refractivity contribution in [1.82, 2.24) is 15.0 Å². The van der Waals surface area contributed by atoms with Gasteiger partial charge < -0.3 is 9.42 Å². The first kappa shape index (κ1) is 18.0. The Labute approximate surface area is 166 Å². The summed E-state index contributed by atoms with van der Waals surface area (Å²) in [7, 11) is 0. The van der Waals surface area contributed by atoms with Crippen LogP contribution in [0.2, 0.25) is 10.0 Å². The van der Waals surface area contributed by atoms with Gasteiger partial charge in [0.25, 0.3) is 5.91 Å². The average molecular weight is 402 g/mol. The van der Waals surface area contributed by atoms with E-state index in [1.165, 1.54) is 0 Å². The maximum atomic E-state index is 13.1. The van der Waals surface area contributed by atoms with Gasteiger partial charge in [-0.25, -0.2) is 0 Å². The molecule has 0 saturated carbocycles. The Kier molecular flexibility index (Phi) is 5.14. The topological polar surface area (TPSA) is 59.2 Å². The van der Waals surface area contributed by atoms with Crippen LogP contribution < -0.4 is 0 Å². The predicted molar refractivity (Wildman–Crippen MR) is 104 cm³/mol. The lowest BCUT2D eigenvalue weighted by Crippen LogP contribution is -2.38. The number of carbonyl (C=O) groups is 1. The number of likely N-dealkylation sites (tertiary alicyclic amines) is 1. The Bertz CT molecular complexity index is 959. The summed E-state index contributed by atoms with van der Waals surface area (Å²) in [5, 5.41) is 4.93. The van der Waals surface area contributed by atoms with Gasteiger partial charge in [-0.2, -0.15) is 4.98 Å². The highest BCUT2D eigenvalue weighted by molar-refractivity contribution is 6.36. The molecule has 3 aromatic rings. The standard InChI is InChI=1S/C20H17Cl2N3O2/c21-14-9-10-15(16(22)12-14)20(26)25-11-5-4-8-17(25)19-23-18(24-27-19)13-6-2-1-3-7-13/h1-3,6-7,9-10,12,17H,4-5,8,11H2. The molecule has 4 rings (SSSR count). The van der Waals surface area contributed by atoms with Gasteiger partial charge in [-0.1, -0.05) is 58.7 Å². The van der Waals surface area contributed by atoms with Crippen molar-refractivity contribution < 1.29 is 9.32 Å². The summed E-state index contributed by atoms with van der Waals surface area (Å²) in [6.45, 7) is 0.617. The zero-order valence-electron chi connectivity index (χ0n) is 14.4. The lowest BCUT2D eigenvalue weighted by atomic mass is 10.0. The molecule has 1 aliphatic rings. The molecule has 1 atom stereocenters. The maximum absolute atomic E-state index is 13.1. The normalized spacial score (nSPS) is 17.1. The number of hydrogen-bond donors (Lipinski definition) is 0. The first-order valence-corrected chi connectivity index (χ1v) is 9.54. The van der Waals surface area contributed by atoms with Crippen LogP contribution in [0.25, 0.3) is 11.4 Å². The molecule has 1 unspecified atom stereocenters. The van der Waals surface area contributed by atoms with Crippen LogP contribution in [0.5, 0.6) is 0 Å². The lowest BCUT2D eigenvalue weighted by Gasteiger charge is -2.33. The second kappa shape index (κ2) is 7.71. The van der Waals surface area contributed by atoms with Crippen LogP contribution in [-0.2, 0) is 0 Å². The average Bonchev–Trinajstić information content (AvgIpc) is 3.18. The fourth-order valence-corrected chi connectivity index (χ4v) is 3.81. The molecule has 0 N–H and O–H groups in total. The number of piperidine rings is 1. The minimum atomic E-state index is -0.261. The van der Waals surface area contributed by atoms with E-state index in [0.717, 1.165) is 24.8 Å². The van der Waals surface area contributed by atoms with E-state index in [9.17, 15) is 4.79 Å². The monoisotopic (exact) mass is 401 g/mol. The minimum absolute atomic E-state index is 0.152. The first-order chi connectivity index (χ1) is 13.1. The summed E-state index contributed by atoms with van der Waals surface area (Å²) in [6.07, 6.45) is 2.69. The van der Waals surface area contributed by atoms with Crippen molar-refractivity contribution in [2.75, 3.05) is 6.54 Å². The number of nitrogens with zero attached hydrogens (tertiary/aromatic N) is 3. The zero-order chi connectivity index (χ0) is 18.8. The van der Waals surface area contributed by atoms with Gasteiger partial charge in [-0.3, -0.25) is 4.79 Å². The highest BCUT2D eigenvalue weighted by Crippen LogP contribution is 2.33. The van der Waals surface area contributed by atoms with Crippen LogP contribution in [0.4, 0.5) is 0 Å². The number of hydrogen-bond acceptors (Lipinski definition) is 4. The molecule has 1 amide bonds.